The molecule has 2 unspecified atom stereocenters. The zero-order valence-electron chi connectivity index (χ0n) is 28.2. The number of aliphatic hydroxyl groups excluding tert-OH is 3. The van der Waals surface area contributed by atoms with Crippen LogP contribution in [0.1, 0.15) is 94.8 Å². The Bertz CT molecular complexity index is 1420. The molecule has 0 radical (unpaired) electrons. The number of aldehydes is 1. The number of benzene rings is 2. The van der Waals surface area contributed by atoms with E-state index in [1.165, 1.54) is 26.0 Å². The molecule has 2 aromatic rings. The van der Waals surface area contributed by atoms with Gasteiger partial charge in [-0.15, -0.1) is 0 Å². The Morgan fingerprint density at radius 3 is 2.08 bits per heavy atom. The van der Waals surface area contributed by atoms with Gasteiger partial charge in [-0.2, -0.15) is 0 Å². The Morgan fingerprint density at radius 2 is 1.57 bits per heavy atom. The lowest BCUT2D eigenvalue weighted by Crippen LogP contribution is -2.25. The largest absolute Gasteiger partial charge is 0.507 e. The molecule has 2 aromatic carbocycles. The number of carbonyl (C=O) groups excluding carboxylic acids is 4. The Hall–Kier alpha value is -4.34. The van der Waals surface area contributed by atoms with E-state index in [9.17, 15) is 24.6 Å². The van der Waals surface area contributed by atoms with E-state index in [2.05, 4.69) is 16.1 Å². The molecule has 0 aromatic heterocycles. The van der Waals surface area contributed by atoms with Gasteiger partial charge in [0.2, 0.25) is 5.78 Å². The normalized spacial score (nSPS) is 16.9. The molecule has 49 heavy (non-hydrogen) atoms. The fourth-order valence-corrected chi connectivity index (χ4v) is 5.40. The highest BCUT2D eigenvalue weighted by atomic mass is 16.6. The molecule has 14 nitrogen and oxygen atoms in total. The monoisotopic (exact) mass is 691 g/mol. The lowest BCUT2D eigenvalue weighted by Gasteiger charge is -2.26. The molecule has 2 atom stereocenters. The summed E-state index contributed by atoms with van der Waals surface area (Å²) in [7, 11) is 3.00. The number of alkyl carbamates (subject to hydrolysis) is 1. The summed E-state index contributed by atoms with van der Waals surface area (Å²) in [5, 5.41) is 47.5. The molecule has 1 amide bonds. The van der Waals surface area contributed by atoms with Crippen molar-refractivity contribution < 1.29 is 64.4 Å². The maximum atomic E-state index is 13.0. The van der Waals surface area contributed by atoms with Crippen molar-refractivity contribution in [3.8, 4) is 17.2 Å². The molecule has 3 aliphatic carbocycles. The third-order valence-electron chi connectivity index (χ3n) is 7.80. The van der Waals surface area contributed by atoms with Crippen molar-refractivity contribution in [2.75, 3.05) is 34.2 Å². The van der Waals surface area contributed by atoms with Gasteiger partial charge in [0.25, 0.3) is 0 Å². The SMILES string of the molecule is CC(CO)OCO.CNC(=O)OC1/C=C/CCCCC1.COc1cccc2c1C(=O)c1c(O)c3c(c(O)c1C2=O)CCCC3.O.O=CCO. The highest BCUT2D eigenvalue weighted by Crippen LogP contribution is 2.46. The van der Waals surface area contributed by atoms with E-state index in [1.54, 1.807) is 26.1 Å². The minimum absolute atomic E-state index is 0. The second-order valence-electron chi connectivity index (χ2n) is 11.1. The number of phenols is 2. The van der Waals surface area contributed by atoms with Crippen LogP contribution < -0.4 is 10.1 Å². The van der Waals surface area contributed by atoms with Gasteiger partial charge in [-0.3, -0.25) is 9.59 Å². The highest BCUT2D eigenvalue weighted by molar-refractivity contribution is 6.31. The molecule has 0 spiro atoms. The molecule has 0 saturated heterocycles. The van der Waals surface area contributed by atoms with Crippen LogP contribution in [0.15, 0.2) is 30.4 Å². The van der Waals surface area contributed by atoms with E-state index in [4.69, 9.17) is 29.6 Å². The van der Waals surface area contributed by atoms with E-state index >= 15 is 0 Å². The molecule has 272 valence electrons. The summed E-state index contributed by atoms with van der Waals surface area (Å²) in [6.45, 7) is 0.957. The predicted octanol–water partition coefficient (Wildman–Crippen LogP) is 2.68. The number of hydrogen-bond donors (Lipinski definition) is 6. The van der Waals surface area contributed by atoms with Crippen LogP contribution in [0.4, 0.5) is 4.79 Å². The fraction of sp³-hybridized carbons (Fsp3) is 0.486. The zero-order valence-corrected chi connectivity index (χ0v) is 28.2. The quantitative estimate of drug-likeness (QED) is 0.0946. The van der Waals surface area contributed by atoms with Gasteiger partial charge in [0, 0.05) is 23.7 Å². The molecule has 14 heteroatoms. The Kier molecular flexibility index (Phi) is 19.4. The number of allylic oxidation sites excluding steroid dienone is 1. The molecule has 0 aliphatic heterocycles. The first-order valence-corrected chi connectivity index (χ1v) is 15.9. The Balaban J connectivity index is 0.000000404. The lowest BCUT2D eigenvalue weighted by atomic mass is 9.77. The maximum Gasteiger partial charge on any atom is 0.407 e. The number of fused-ring (bicyclic) bond motifs is 3. The number of aliphatic hydroxyl groups is 3. The molecule has 0 fully saturated rings. The number of hydrogen-bond acceptors (Lipinski definition) is 12. The fourth-order valence-electron chi connectivity index (χ4n) is 5.40. The van der Waals surface area contributed by atoms with Crippen molar-refractivity contribution >= 4 is 23.9 Å². The van der Waals surface area contributed by atoms with Gasteiger partial charge in [0.05, 0.1) is 43.1 Å². The van der Waals surface area contributed by atoms with E-state index in [1.807, 2.05) is 6.08 Å². The number of methoxy groups -OCH3 is 1. The predicted molar refractivity (Wildman–Crippen MR) is 179 cm³/mol. The molecule has 0 heterocycles. The average molecular weight is 692 g/mol. The number of ketones is 2. The van der Waals surface area contributed by atoms with Crippen LogP contribution in [-0.4, -0.2) is 101 Å². The van der Waals surface area contributed by atoms with Crippen molar-refractivity contribution in [1.29, 1.82) is 0 Å². The standard InChI is InChI=1S/C19H16O5.C10H17NO2.C4H10O3.C2H4O2.H2O/c1-24-12-8-4-7-11-13(12)19(23)15-14(18(11)22)16(20)9-5-2-3-6-10(9)17(15)21;1-11-10(12)13-9-7-5-3-2-4-6-8-9;1-4(2-5)7-3-6;3-1-2-4;/h4,7-8,20-21H,2-3,5-6H2,1H3;5,7,9H,2-4,6,8H2,1H3,(H,11,12);4-6H,2-3H2,1H3;1,4H,2H2;1H2/b;7-5+;;;. The molecule has 0 saturated carbocycles. The van der Waals surface area contributed by atoms with E-state index in [0.717, 1.165) is 32.1 Å². The number of rotatable bonds is 6. The average Bonchev–Trinajstić information content (AvgIpc) is 3.10. The van der Waals surface area contributed by atoms with Crippen molar-refractivity contribution in [2.24, 2.45) is 0 Å². The van der Waals surface area contributed by atoms with Gasteiger partial charge in [-0.1, -0.05) is 24.6 Å². The van der Waals surface area contributed by atoms with Crippen LogP contribution in [0.3, 0.4) is 0 Å². The van der Waals surface area contributed by atoms with Gasteiger partial charge in [0.1, 0.15) is 36.4 Å². The van der Waals surface area contributed by atoms with E-state index in [-0.39, 0.29) is 83.3 Å². The van der Waals surface area contributed by atoms with Crippen LogP contribution in [-0.2, 0) is 27.1 Å². The zero-order chi connectivity index (χ0) is 35.6. The summed E-state index contributed by atoms with van der Waals surface area (Å²) in [6.07, 6.45) is 12.5. The summed E-state index contributed by atoms with van der Waals surface area (Å²) in [5.74, 6) is -0.997. The van der Waals surface area contributed by atoms with Gasteiger partial charge in [-0.05, 0) is 70.4 Å². The van der Waals surface area contributed by atoms with Crippen molar-refractivity contribution in [1.82, 2.24) is 5.32 Å². The summed E-state index contributed by atoms with van der Waals surface area (Å²) >= 11 is 0. The van der Waals surface area contributed by atoms with Gasteiger partial charge in [-0.25, -0.2) is 4.79 Å². The first-order valence-electron chi connectivity index (χ1n) is 15.9. The highest BCUT2D eigenvalue weighted by Gasteiger charge is 2.39. The first-order chi connectivity index (χ1) is 23.1. The minimum atomic E-state index is -0.488. The summed E-state index contributed by atoms with van der Waals surface area (Å²) in [5.41, 5.74) is 1.32. The minimum Gasteiger partial charge on any atom is -0.507 e. The van der Waals surface area contributed by atoms with Crippen molar-refractivity contribution in [2.45, 2.75) is 76.9 Å². The molecular formula is C35H49NO13. The second kappa shape index (κ2) is 22.3. The third-order valence-corrected chi connectivity index (χ3v) is 7.80. The van der Waals surface area contributed by atoms with E-state index in [0.29, 0.717) is 30.3 Å². The topological polar surface area (TPSA) is 241 Å². The van der Waals surface area contributed by atoms with Crippen molar-refractivity contribution in [3.63, 3.8) is 0 Å². The maximum absolute atomic E-state index is 13.0. The van der Waals surface area contributed by atoms with Gasteiger partial charge < -0.3 is 55.3 Å². The van der Waals surface area contributed by atoms with Gasteiger partial charge >= 0.3 is 6.09 Å². The second-order valence-corrected chi connectivity index (χ2v) is 11.1. The van der Waals surface area contributed by atoms with Crippen LogP contribution in [0.25, 0.3) is 0 Å². The van der Waals surface area contributed by atoms with Gasteiger partial charge in [0.15, 0.2) is 5.78 Å². The number of carbonyl (C=O) groups is 4. The number of amides is 1. The smallest absolute Gasteiger partial charge is 0.407 e. The van der Waals surface area contributed by atoms with Crippen LogP contribution in [0.5, 0.6) is 17.2 Å². The number of aromatic hydroxyl groups is 2. The van der Waals surface area contributed by atoms with Crippen LogP contribution in [0.2, 0.25) is 0 Å². The van der Waals surface area contributed by atoms with E-state index < -0.39 is 11.6 Å². The molecular weight excluding hydrogens is 642 g/mol. The number of ether oxygens (including phenoxy) is 3. The molecule has 5 rings (SSSR count). The van der Waals surface area contributed by atoms with Crippen LogP contribution >= 0.6 is 0 Å². The number of phenolic OH excluding ortho intramolecular Hbond substituents is 2. The Labute approximate surface area is 285 Å². The Morgan fingerprint density at radius 1 is 0.959 bits per heavy atom. The van der Waals surface area contributed by atoms with Crippen molar-refractivity contribution in [3.05, 3.63) is 63.7 Å². The first kappa shape index (κ1) is 42.7. The molecule has 3 aliphatic rings. The third kappa shape index (κ3) is 11.6. The molecule has 8 N–H and O–H groups in total. The molecule has 0 bridgehead atoms. The van der Waals surface area contributed by atoms with Crippen LogP contribution in [0, 0.1) is 0 Å². The number of nitrogens with one attached hydrogen (secondary N) is 1. The summed E-state index contributed by atoms with van der Waals surface area (Å²) < 4.78 is 14.8. The summed E-state index contributed by atoms with van der Waals surface area (Å²) in [4.78, 5) is 45.7. The summed E-state index contributed by atoms with van der Waals surface area (Å²) in [6, 6.07) is 4.77. The lowest BCUT2D eigenvalue weighted by molar-refractivity contribution is -0.110.